The SMILES string of the molecule is CC.O=CCCC1CNCCO1. The van der Waals surface area contributed by atoms with Crippen molar-refractivity contribution in [3.8, 4) is 0 Å². The Morgan fingerprint density at radius 2 is 2.33 bits per heavy atom. The van der Waals surface area contributed by atoms with E-state index < -0.39 is 0 Å². The van der Waals surface area contributed by atoms with Gasteiger partial charge in [0.05, 0.1) is 12.7 Å². The number of morpholine rings is 1. The van der Waals surface area contributed by atoms with Gasteiger partial charge < -0.3 is 14.8 Å². The molecule has 1 heterocycles. The van der Waals surface area contributed by atoms with E-state index in [9.17, 15) is 4.79 Å². The van der Waals surface area contributed by atoms with Crippen molar-refractivity contribution in [1.82, 2.24) is 5.32 Å². The van der Waals surface area contributed by atoms with Crippen molar-refractivity contribution in [3.05, 3.63) is 0 Å². The van der Waals surface area contributed by atoms with Gasteiger partial charge in [-0.2, -0.15) is 0 Å². The molecule has 0 bridgehead atoms. The highest BCUT2D eigenvalue weighted by molar-refractivity contribution is 5.49. The lowest BCUT2D eigenvalue weighted by molar-refractivity contribution is -0.108. The van der Waals surface area contributed by atoms with Crippen LogP contribution in [-0.2, 0) is 9.53 Å². The summed E-state index contributed by atoms with van der Waals surface area (Å²) in [5.41, 5.74) is 0. The molecular formula is C9H19NO2. The molecule has 0 radical (unpaired) electrons. The molecule has 1 saturated heterocycles. The second-order valence-electron chi connectivity index (χ2n) is 2.44. The van der Waals surface area contributed by atoms with Gasteiger partial charge in [-0.3, -0.25) is 0 Å². The zero-order valence-corrected chi connectivity index (χ0v) is 8.01. The van der Waals surface area contributed by atoms with Crippen LogP contribution < -0.4 is 5.32 Å². The van der Waals surface area contributed by atoms with Crippen molar-refractivity contribution >= 4 is 6.29 Å². The molecule has 0 saturated carbocycles. The highest BCUT2D eigenvalue weighted by Crippen LogP contribution is 2.02. The van der Waals surface area contributed by atoms with Crippen LogP contribution in [0.4, 0.5) is 0 Å². The van der Waals surface area contributed by atoms with Crippen molar-refractivity contribution in [1.29, 1.82) is 0 Å². The minimum absolute atomic E-state index is 0.263. The van der Waals surface area contributed by atoms with Gasteiger partial charge in [0.1, 0.15) is 6.29 Å². The van der Waals surface area contributed by atoms with Gasteiger partial charge in [0, 0.05) is 19.5 Å². The number of aldehydes is 1. The average molecular weight is 173 g/mol. The number of carbonyl (C=O) groups excluding carboxylic acids is 1. The van der Waals surface area contributed by atoms with E-state index in [1.807, 2.05) is 13.8 Å². The molecule has 0 amide bonds. The summed E-state index contributed by atoms with van der Waals surface area (Å²) < 4.78 is 5.36. The molecule has 1 N–H and O–H groups in total. The smallest absolute Gasteiger partial charge is 0.120 e. The Bertz CT molecular complexity index is 101. The summed E-state index contributed by atoms with van der Waals surface area (Å²) >= 11 is 0. The van der Waals surface area contributed by atoms with Gasteiger partial charge in [0.25, 0.3) is 0 Å². The van der Waals surface area contributed by atoms with Crippen molar-refractivity contribution in [2.75, 3.05) is 19.7 Å². The van der Waals surface area contributed by atoms with Crippen LogP contribution in [0.15, 0.2) is 0 Å². The molecule has 0 aromatic carbocycles. The largest absolute Gasteiger partial charge is 0.376 e. The van der Waals surface area contributed by atoms with Gasteiger partial charge >= 0.3 is 0 Å². The van der Waals surface area contributed by atoms with Crippen LogP contribution in [0.1, 0.15) is 26.7 Å². The summed E-state index contributed by atoms with van der Waals surface area (Å²) in [6.07, 6.45) is 2.68. The van der Waals surface area contributed by atoms with E-state index in [4.69, 9.17) is 4.74 Å². The van der Waals surface area contributed by atoms with Crippen LogP contribution >= 0.6 is 0 Å². The van der Waals surface area contributed by atoms with Gasteiger partial charge in [-0.1, -0.05) is 13.8 Å². The van der Waals surface area contributed by atoms with E-state index in [1.54, 1.807) is 0 Å². The van der Waals surface area contributed by atoms with Gasteiger partial charge in [-0.15, -0.1) is 0 Å². The molecule has 12 heavy (non-hydrogen) atoms. The minimum Gasteiger partial charge on any atom is -0.376 e. The molecule has 1 fully saturated rings. The summed E-state index contributed by atoms with van der Waals surface area (Å²) in [7, 11) is 0. The van der Waals surface area contributed by atoms with Gasteiger partial charge in [0.15, 0.2) is 0 Å². The number of hydrogen-bond acceptors (Lipinski definition) is 3. The monoisotopic (exact) mass is 173 g/mol. The zero-order chi connectivity index (χ0) is 9.23. The van der Waals surface area contributed by atoms with Crippen LogP contribution in [0.25, 0.3) is 0 Å². The van der Waals surface area contributed by atoms with Crippen molar-refractivity contribution in [2.24, 2.45) is 0 Å². The van der Waals surface area contributed by atoms with E-state index in [0.717, 1.165) is 32.4 Å². The highest BCUT2D eigenvalue weighted by Gasteiger charge is 2.11. The summed E-state index contributed by atoms with van der Waals surface area (Å²) in [6.45, 7) is 6.62. The molecule has 0 spiro atoms. The zero-order valence-electron chi connectivity index (χ0n) is 8.01. The third kappa shape index (κ3) is 5.27. The van der Waals surface area contributed by atoms with Crippen LogP contribution in [0.3, 0.4) is 0 Å². The van der Waals surface area contributed by atoms with Gasteiger partial charge in [-0.25, -0.2) is 0 Å². The number of ether oxygens (including phenoxy) is 1. The lowest BCUT2D eigenvalue weighted by atomic mass is 10.2. The Morgan fingerprint density at radius 1 is 1.58 bits per heavy atom. The Morgan fingerprint density at radius 3 is 2.83 bits per heavy atom. The molecule has 3 nitrogen and oxygen atoms in total. The normalized spacial score (nSPS) is 22.3. The van der Waals surface area contributed by atoms with E-state index in [0.29, 0.717) is 6.42 Å². The molecule has 1 unspecified atom stereocenters. The first-order chi connectivity index (χ1) is 5.93. The summed E-state index contributed by atoms with van der Waals surface area (Å²) in [4.78, 5) is 9.97. The maximum atomic E-state index is 9.97. The predicted octanol–water partition coefficient (Wildman–Crippen LogP) is 0.980. The van der Waals surface area contributed by atoms with Crippen LogP contribution in [0.2, 0.25) is 0 Å². The molecule has 0 aromatic rings. The number of nitrogens with one attached hydrogen (secondary N) is 1. The third-order valence-corrected chi connectivity index (χ3v) is 1.61. The van der Waals surface area contributed by atoms with E-state index >= 15 is 0 Å². The standard InChI is InChI=1S/C7H13NO2.C2H6/c9-4-1-2-7-6-8-3-5-10-7;1-2/h4,7-8H,1-3,5-6H2;1-2H3. The van der Waals surface area contributed by atoms with Crippen molar-refractivity contribution in [2.45, 2.75) is 32.8 Å². The fourth-order valence-corrected chi connectivity index (χ4v) is 1.06. The number of hydrogen-bond donors (Lipinski definition) is 1. The number of rotatable bonds is 3. The highest BCUT2D eigenvalue weighted by atomic mass is 16.5. The molecule has 0 aliphatic carbocycles. The Labute approximate surface area is 74.5 Å². The first-order valence-corrected chi connectivity index (χ1v) is 4.69. The molecule has 3 heteroatoms. The molecule has 1 atom stereocenters. The second-order valence-corrected chi connectivity index (χ2v) is 2.44. The molecule has 0 aromatic heterocycles. The van der Waals surface area contributed by atoms with Gasteiger partial charge in [0.2, 0.25) is 0 Å². The van der Waals surface area contributed by atoms with Crippen LogP contribution in [0, 0.1) is 0 Å². The van der Waals surface area contributed by atoms with Gasteiger partial charge in [-0.05, 0) is 6.42 Å². The maximum Gasteiger partial charge on any atom is 0.120 e. The molecule has 1 aliphatic heterocycles. The first-order valence-electron chi connectivity index (χ1n) is 4.69. The topological polar surface area (TPSA) is 38.3 Å². The van der Waals surface area contributed by atoms with Crippen LogP contribution in [0.5, 0.6) is 0 Å². The lowest BCUT2D eigenvalue weighted by Gasteiger charge is -2.22. The van der Waals surface area contributed by atoms with Crippen LogP contribution in [-0.4, -0.2) is 32.1 Å². The lowest BCUT2D eigenvalue weighted by Crippen LogP contribution is -2.38. The van der Waals surface area contributed by atoms with E-state index in [1.165, 1.54) is 0 Å². The molecule has 1 rings (SSSR count). The number of carbonyl (C=O) groups is 1. The summed E-state index contributed by atoms with van der Waals surface area (Å²) in [5, 5.41) is 3.20. The van der Waals surface area contributed by atoms with E-state index in [2.05, 4.69) is 5.32 Å². The fourth-order valence-electron chi connectivity index (χ4n) is 1.06. The minimum atomic E-state index is 0.263. The quantitative estimate of drug-likeness (QED) is 0.646. The van der Waals surface area contributed by atoms with Crippen molar-refractivity contribution < 1.29 is 9.53 Å². The first kappa shape index (κ1) is 11.6. The maximum absolute atomic E-state index is 9.97. The summed E-state index contributed by atoms with van der Waals surface area (Å²) in [5.74, 6) is 0. The molecule has 72 valence electrons. The predicted molar refractivity (Wildman–Crippen MR) is 49.3 cm³/mol. The Hall–Kier alpha value is -0.410. The summed E-state index contributed by atoms with van der Waals surface area (Å²) in [6, 6.07) is 0. The molecular weight excluding hydrogens is 154 g/mol. The Balaban J connectivity index is 0.000000561. The van der Waals surface area contributed by atoms with Crippen molar-refractivity contribution in [3.63, 3.8) is 0 Å². The fraction of sp³-hybridized carbons (Fsp3) is 0.889. The average Bonchev–Trinajstić information content (AvgIpc) is 2.19. The third-order valence-electron chi connectivity index (χ3n) is 1.61. The molecule has 1 aliphatic rings. The Kier molecular flexibility index (Phi) is 8.39. The van der Waals surface area contributed by atoms with E-state index in [-0.39, 0.29) is 6.10 Å². The second kappa shape index (κ2) is 8.68.